The molecule has 0 radical (unpaired) electrons. The molecule has 2 unspecified atom stereocenters. The second kappa shape index (κ2) is 60.6. The third-order valence-corrected chi connectivity index (χ3v) is 14.6. The number of aliphatic hydroxyl groups excluding tert-OH is 2. The summed E-state index contributed by atoms with van der Waals surface area (Å²) in [7, 11) is 0. The maximum Gasteiger partial charge on any atom is 0.305 e. The molecular formula is C65H123NO5. The second-order valence-electron chi connectivity index (χ2n) is 21.7. The van der Waals surface area contributed by atoms with E-state index in [1.54, 1.807) is 6.08 Å². The Morgan fingerprint density at radius 1 is 0.380 bits per heavy atom. The third-order valence-electron chi connectivity index (χ3n) is 14.6. The fraction of sp³-hybridized carbons (Fsp3) is 0.877. The number of allylic oxidation sites excluding steroid dienone is 5. The van der Waals surface area contributed by atoms with E-state index in [1.807, 2.05) is 6.08 Å². The van der Waals surface area contributed by atoms with Crippen molar-refractivity contribution in [1.82, 2.24) is 5.32 Å². The first kappa shape index (κ1) is 69.1. The summed E-state index contributed by atoms with van der Waals surface area (Å²) < 4.78 is 5.47. The molecule has 0 aliphatic carbocycles. The highest BCUT2D eigenvalue weighted by Crippen LogP contribution is 2.17. The second-order valence-corrected chi connectivity index (χ2v) is 21.7. The number of amides is 1. The highest BCUT2D eigenvalue weighted by atomic mass is 16.5. The van der Waals surface area contributed by atoms with Crippen molar-refractivity contribution in [2.75, 3.05) is 13.2 Å². The van der Waals surface area contributed by atoms with E-state index < -0.39 is 12.1 Å². The van der Waals surface area contributed by atoms with Crippen molar-refractivity contribution in [3.63, 3.8) is 0 Å². The number of ether oxygens (including phenoxy) is 1. The largest absolute Gasteiger partial charge is 0.466 e. The molecule has 6 heteroatoms. The van der Waals surface area contributed by atoms with Gasteiger partial charge in [-0.1, -0.05) is 281 Å². The summed E-state index contributed by atoms with van der Waals surface area (Å²) in [6, 6.07) is -0.630. The van der Waals surface area contributed by atoms with Crippen LogP contribution in [-0.2, 0) is 14.3 Å². The number of rotatable bonds is 59. The Bertz CT molecular complexity index is 1150. The number of hydrogen-bond acceptors (Lipinski definition) is 5. The van der Waals surface area contributed by atoms with E-state index in [-0.39, 0.29) is 18.5 Å². The van der Waals surface area contributed by atoms with Gasteiger partial charge in [-0.25, -0.2) is 0 Å². The average molecular weight is 999 g/mol. The van der Waals surface area contributed by atoms with E-state index in [9.17, 15) is 19.8 Å². The Morgan fingerprint density at radius 3 is 1.01 bits per heavy atom. The minimum atomic E-state index is -0.846. The molecule has 0 aromatic rings. The number of carbonyl (C=O) groups excluding carboxylic acids is 2. The maximum absolute atomic E-state index is 12.5. The highest BCUT2D eigenvalue weighted by Gasteiger charge is 2.18. The van der Waals surface area contributed by atoms with Gasteiger partial charge in [-0.3, -0.25) is 9.59 Å². The summed E-state index contributed by atoms with van der Waals surface area (Å²) in [5, 5.41) is 23.1. The van der Waals surface area contributed by atoms with Crippen molar-refractivity contribution in [2.45, 2.75) is 353 Å². The quantitative estimate of drug-likeness (QED) is 0.0321. The molecule has 0 aromatic heterocycles. The van der Waals surface area contributed by atoms with Crippen molar-refractivity contribution in [3.8, 4) is 0 Å². The lowest BCUT2D eigenvalue weighted by Gasteiger charge is -2.20. The Hall–Kier alpha value is -1.92. The molecule has 418 valence electrons. The smallest absolute Gasteiger partial charge is 0.305 e. The normalized spacial score (nSPS) is 12.8. The van der Waals surface area contributed by atoms with Crippen LogP contribution >= 0.6 is 0 Å². The molecule has 0 fully saturated rings. The van der Waals surface area contributed by atoms with Crippen molar-refractivity contribution in [3.05, 3.63) is 36.5 Å². The standard InChI is InChI=1S/C65H123NO5/c1-3-5-7-9-11-13-15-17-18-30-34-37-41-45-49-53-57-63(68)62(61-67)66-64(69)58-54-50-46-42-38-35-31-28-26-24-22-20-19-21-23-25-27-29-32-36-40-44-48-52-56-60-71-65(70)59-55-51-47-43-39-33-16-14-12-10-8-6-4-2/h14,16,20,22,53,57,62-63,67-68H,3-13,15,17-19,21,23-52,54-56,58-61H2,1-2H3,(H,66,69)/b16-14-,22-20-,57-53+. The van der Waals surface area contributed by atoms with Gasteiger partial charge in [0.15, 0.2) is 0 Å². The van der Waals surface area contributed by atoms with Crippen LogP contribution in [0.25, 0.3) is 0 Å². The minimum Gasteiger partial charge on any atom is -0.466 e. The fourth-order valence-electron chi connectivity index (χ4n) is 9.74. The topological polar surface area (TPSA) is 95.9 Å². The van der Waals surface area contributed by atoms with Gasteiger partial charge in [-0.15, -0.1) is 0 Å². The van der Waals surface area contributed by atoms with Crippen LogP contribution < -0.4 is 5.32 Å². The maximum atomic E-state index is 12.5. The molecule has 71 heavy (non-hydrogen) atoms. The first-order chi connectivity index (χ1) is 35.0. The first-order valence-corrected chi connectivity index (χ1v) is 31.8. The molecule has 0 aliphatic heterocycles. The van der Waals surface area contributed by atoms with Crippen LogP contribution in [0.3, 0.4) is 0 Å². The Morgan fingerprint density at radius 2 is 0.662 bits per heavy atom. The molecule has 0 aliphatic rings. The van der Waals surface area contributed by atoms with E-state index in [0.29, 0.717) is 19.4 Å². The third kappa shape index (κ3) is 57.2. The number of nitrogens with one attached hydrogen (secondary N) is 1. The number of hydrogen-bond donors (Lipinski definition) is 3. The zero-order valence-electron chi connectivity index (χ0n) is 47.7. The van der Waals surface area contributed by atoms with Crippen LogP contribution in [-0.4, -0.2) is 47.4 Å². The van der Waals surface area contributed by atoms with Crippen molar-refractivity contribution >= 4 is 11.9 Å². The predicted octanol–water partition coefficient (Wildman–Crippen LogP) is 20.0. The van der Waals surface area contributed by atoms with E-state index in [1.165, 1.54) is 270 Å². The van der Waals surface area contributed by atoms with Crippen LogP contribution in [0.5, 0.6) is 0 Å². The van der Waals surface area contributed by atoms with E-state index in [4.69, 9.17) is 4.74 Å². The number of aliphatic hydroxyl groups is 2. The SMILES string of the molecule is CCCCCC/C=C\CCCCCCCC(=O)OCCCCCCCCCCCCCC/C=C\CCCCCCCCCCCC(=O)NC(CO)C(O)/C=C/CCCCCCCCCCCCCCCC. The Labute approximate surface area is 443 Å². The molecule has 0 bridgehead atoms. The van der Waals surface area contributed by atoms with Crippen LogP contribution in [0.15, 0.2) is 36.5 Å². The number of unbranched alkanes of at least 4 members (excludes halogenated alkanes) is 44. The fourth-order valence-corrected chi connectivity index (χ4v) is 9.74. The summed E-state index contributed by atoms with van der Waals surface area (Å²) >= 11 is 0. The van der Waals surface area contributed by atoms with Crippen LogP contribution in [0.1, 0.15) is 341 Å². The molecule has 6 nitrogen and oxygen atoms in total. The summed E-state index contributed by atoms with van der Waals surface area (Å²) in [5.74, 6) is -0.0658. The molecule has 3 N–H and O–H groups in total. The molecule has 0 heterocycles. The molecule has 1 amide bonds. The van der Waals surface area contributed by atoms with Crippen molar-refractivity contribution < 1.29 is 24.5 Å². The van der Waals surface area contributed by atoms with Gasteiger partial charge in [0.25, 0.3) is 0 Å². The van der Waals surface area contributed by atoms with Gasteiger partial charge in [-0.2, -0.15) is 0 Å². The van der Waals surface area contributed by atoms with Crippen molar-refractivity contribution in [1.29, 1.82) is 0 Å². The molecule has 0 spiro atoms. The predicted molar refractivity (Wildman–Crippen MR) is 310 cm³/mol. The highest BCUT2D eigenvalue weighted by molar-refractivity contribution is 5.76. The van der Waals surface area contributed by atoms with E-state index in [0.717, 1.165) is 44.9 Å². The van der Waals surface area contributed by atoms with Gasteiger partial charge in [-0.05, 0) is 83.5 Å². The number of carbonyl (C=O) groups is 2. The van der Waals surface area contributed by atoms with Crippen LogP contribution in [0.2, 0.25) is 0 Å². The summed E-state index contributed by atoms with van der Waals surface area (Å²) in [6.07, 6.45) is 76.2. The van der Waals surface area contributed by atoms with Gasteiger partial charge in [0.2, 0.25) is 5.91 Å². The zero-order chi connectivity index (χ0) is 51.4. The summed E-state index contributed by atoms with van der Waals surface area (Å²) in [4.78, 5) is 24.5. The van der Waals surface area contributed by atoms with Gasteiger partial charge in [0.1, 0.15) is 0 Å². The minimum absolute atomic E-state index is 0.00374. The molecule has 2 atom stereocenters. The van der Waals surface area contributed by atoms with Crippen LogP contribution in [0, 0.1) is 0 Å². The monoisotopic (exact) mass is 998 g/mol. The summed E-state index contributed by atoms with van der Waals surface area (Å²) in [5.41, 5.74) is 0. The molecule has 0 aromatic carbocycles. The van der Waals surface area contributed by atoms with Crippen molar-refractivity contribution in [2.24, 2.45) is 0 Å². The number of esters is 1. The average Bonchev–Trinajstić information content (AvgIpc) is 3.37. The first-order valence-electron chi connectivity index (χ1n) is 31.8. The Kier molecular flexibility index (Phi) is 59.0. The van der Waals surface area contributed by atoms with Gasteiger partial charge in [0.05, 0.1) is 25.4 Å². The summed E-state index contributed by atoms with van der Waals surface area (Å²) in [6.45, 7) is 4.90. The molecule has 0 saturated carbocycles. The zero-order valence-corrected chi connectivity index (χ0v) is 47.7. The van der Waals surface area contributed by atoms with Gasteiger partial charge >= 0.3 is 5.97 Å². The molecular weight excluding hydrogens is 875 g/mol. The molecule has 0 rings (SSSR count). The van der Waals surface area contributed by atoms with E-state index in [2.05, 4.69) is 43.5 Å². The van der Waals surface area contributed by atoms with Gasteiger partial charge < -0.3 is 20.3 Å². The lowest BCUT2D eigenvalue weighted by atomic mass is 10.0. The van der Waals surface area contributed by atoms with Gasteiger partial charge in [0, 0.05) is 12.8 Å². The lowest BCUT2D eigenvalue weighted by molar-refractivity contribution is -0.143. The van der Waals surface area contributed by atoms with E-state index >= 15 is 0 Å². The molecule has 0 saturated heterocycles. The van der Waals surface area contributed by atoms with Crippen LogP contribution in [0.4, 0.5) is 0 Å². The Balaban J connectivity index is 3.42. The lowest BCUT2D eigenvalue weighted by Crippen LogP contribution is -2.45.